The summed E-state index contributed by atoms with van der Waals surface area (Å²) in [4.78, 5) is 2.52. The van der Waals surface area contributed by atoms with E-state index in [4.69, 9.17) is 32.7 Å². The molecular weight excluding hydrogens is 453 g/mol. The Morgan fingerprint density at radius 3 is 2.06 bits per heavy atom. The third-order valence-electron chi connectivity index (χ3n) is 6.02. The lowest BCUT2D eigenvalue weighted by Gasteiger charge is -2.28. The lowest BCUT2D eigenvalue weighted by molar-refractivity contribution is 0.234. The van der Waals surface area contributed by atoms with Crippen LogP contribution < -0.4 is 9.47 Å². The lowest BCUT2D eigenvalue weighted by Crippen LogP contribution is -2.27. The Hall–Kier alpha value is -1.42. The van der Waals surface area contributed by atoms with E-state index in [2.05, 4.69) is 62.9 Å². The minimum Gasteiger partial charge on any atom is -0.494 e. The first-order valence-electron chi connectivity index (χ1n) is 12.3. The average Bonchev–Trinajstić information content (AvgIpc) is 2.79. The van der Waals surface area contributed by atoms with Crippen LogP contribution in [0.4, 0.5) is 0 Å². The fourth-order valence-electron chi connectivity index (χ4n) is 4.08. The van der Waals surface area contributed by atoms with Gasteiger partial charge < -0.3 is 14.4 Å². The van der Waals surface area contributed by atoms with Crippen molar-refractivity contribution in [3.63, 3.8) is 0 Å². The van der Waals surface area contributed by atoms with Crippen molar-refractivity contribution in [2.24, 2.45) is 0 Å². The molecular formula is C28H41Cl2NO2. The van der Waals surface area contributed by atoms with Crippen molar-refractivity contribution in [1.29, 1.82) is 0 Å². The van der Waals surface area contributed by atoms with Gasteiger partial charge in [-0.3, -0.25) is 0 Å². The van der Waals surface area contributed by atoms with Gasteiger partial charge in [-0.1, -0.05) is 57.5 Å². The van der Waals surface area contributed by atoms with E-state index < -0.39 is 0 Å². The van der Waals surface area contributed by atoms with Crippen molar-refractivity contribution < 1.29 is 9.47 Å². The van der Waals surface area contributed by atoms with Gasteiger partial charge in [0.15, 0.2) is 0 Å². The molecule has 5 heteroatoms. The number of hydrogen-bond donors (Lipinski definition) is 0. The highest BCUT2D eigenvalue weighted by molar-refractivity contribution is 6.32. The largest absolute Gasteiger partial charge is 0.494 e. The van der Waals surface area contributed by atoms with E-state index in [9.17, 15) is 0 Å². The van der Waals surface area contributed by atoms with Crippen molar-refractivity contribution in [2.75, 3.05) is 38.7 Å². The van der Waals surface area contributed by atoms with Crippen molar-refractivity contribution in [3.05, 3.63) is 58.1 Å². The number of ether oxygens (including phenoxy) is 2. The van der Waals surface area contributed by atoms with Gasteiger partial charge in [0.2, 0.25) is 0 Å². The monoisotopic (exact) mass is 493 g/mol. The molecule has 0 unspecified atom stereocenters. The Morgan fingerprint density at radius 1 is 0.848 bits per heavy atom. The highest BCUT2D eigenvalue weighted by Crippen LogP contribution is 2.38. The average molecular weight is 495 g/mol. The molecule has 0 atom stereocenters. The lowest BCUT2D eigenvalue weighted by atomic mass is 9.77. The topological polar surface area (TPSA) is 21.7 Å². The number of rotatable bonds is 15. The molecule has 0 radical (unpaired) electrons. The fraction of sp³-hybridized carbons (Fsp3) is 0.571. The first-order chi connectivity index (χ1) is 15.8. The Kier molecular flexibility index (Phi) is 11.9. The van der Waals surface area contributed by atoms with Crippen molar-refractivity contribution >= 4 is 23.2 Å². The van der Waals surface area contributed by atoms with Crippen LogP contribution in [-0.2, 0) is 5.41 Å². The Labute approximate surface area is 211 Å². The van der Waals surface area contributed by atoms with E-state index in [1.165, 1.54) is 31.5 Å². The minimum absolute atomic E-state index is 0.192. The van der Waals surface area contributed by atoms with Crippen LogP contribution in [0, 0.1) is 6.92 Å². The van der Waals surface area contributed by atoms with Gasteiger partial charge in [0, 0.05) is 17.8 Å². The summed E-state index contributed by atoms with van der Waals surface area (Å²) in [5.74, 6) is 2.25. The third-order valence-corrected chi connectivity index (χ3v) is 6.57. The van der Waals surface area contributed by atoms with Crippen LogP contribution in [0.2, 0.25) is 5.02 Å². The normalized spacial score (nSPS) is 11.8. The molecule has 0 fully saturated rings. The Bertz CT molecular complexity index is 807. The van der Waals surface area contributed by atoms with Crippen molar-refractivity contribution in [2.45, 2.75) is 65.7 Å². The van der Waals surface area contributed by atoms with Crippen molar-refractivity contribution in [1.82, 2.24) is 4.90 Å². The van der Waals surface area contributed by atoms with Crippen LogP contribution in [0.1, 0.15) is 70.1 Å². The second-order valence-corrected chi connectivity index (χ2v) is 9.97. The first kappa shape index (κ1) is 27.8. The predicted molar refractivity (Wildman–Crippen MR) is 143 cm³/mol. The molecule has 0 amide bonds. The maximum atomic E-state index is 6.58. The summed E-state index contributed by atoms with van der Waals surface area (Å²) >= 11 is 12.3. The molecule has 0 aliphatic rings. The zero-order chi connectivity index (χ0) is 24.3. The van der Waals surface area contributed by atoms with Crippen LogP contribution in [-0.4, -0.2) is 43.6 Å². The molecule has 0 N–H and O–H groups in total. The van der Waals surface area contributed by atoms with E-state index in [1.807, 2.05) is 13.0 Å². The summed E-state index contributed by atoms with van der Waals surface area (Å²) in [7, 11) is 0. The van der Waals surface area contributed by atoms with Gasteiger partial charge in [0.05, 0.1) is 18.2 Å². The second-order valence-electron chi connectivity index (χ2n) is 9.19. The van der Waals surface area contributed by atoms with Crippen molar-refractivity contribution in [3.8, 4) is 11.5 Å². The maximum absolute atomic E-state index is 6.58. The van der Waals surface area contributed by atoms with Crippen LogP contribution >= 0.6 is 23.2 Å². The van der Waals surface area contributed by atoms with E-state index in [1.54, 1.807) is 0 Å². The van der Waals surface area contributed by atoms with Gasteiger partial charge in [-0.25, -0.2) is 0 Å². The summed E-state index contributed by atoms with van der Waals surface area (Å²) in [5.41, 5.74) is 3.23. The number of hydrogen-bond acceptors (Lipinski definition) is 3. The SMILES string of the molecule is CCCN(CCC)CCCOc1ccc(C(C)(C)c2cc(C)c(OCCCCl)c(Cl)c2)cc1. The summed E-state index contributed by atoms with van der Waals surface area (Å²) in [6, 6.07) is 12.7. The summed E-state index contributed by atoms with van der Waals surface area (Å²) in [6.45, 7) is 15.7. The molecule has 33 heavy (non-hydrogen) atoms. The molecule has 3 nitrogen and oxygen atoms in total. The molecule has 0 saturated heterocycles. The predicted octanol–water partition coefficient (Wildman–Crippen LogP) is 7.87. The zero-order valence-corrected chi connectivity index (χ0v) is 22.6. The van der Waals surface area contributed by atoms with Gasteiger partial charge >= 0.3 is 0 Å². The smallest absolute Gasteiger partial charge is 0.140 e. The van der Waals surface area contributed by atoms with Gasteiger partial charge in [-0.15, -0.1) is 11.6 Å². The van der Waals surface area contributed by atoms with Gasteiger partial charge in [0.1, 0.15) is 11.5 Å². The molecule has 0 bridgehead atoms. The van der Waals surface area contributed by atoms with Gasteiger partial charge in [0.25, 0.3) is 0 Å². The second kappa shape index (κ2) is 14.1. The number of aryl methyl sites for hydroxylation is 1. The quantitative estimate of drug-likeness (QED) is 0.186. The molecule has 2 rings (SSSR count). The number of halogens is 2. The summed E-state index contributed by atoms with van der Waals surface area (Å²) in [5, 5.41) is 0.646. The highest BCUT2D eigenvalue weighted by Gasteiger charge is 2.25. The highest BCUT2D eigenvalue weighted by atomic mass is 35.5. The van der Waals surface area contributed by atoms with E-state index >= 15 is 0 Å². The Balaban J connectivity index is 2.00. The maximum Gasteiger partial charge on any atom is 0.140 e. The molecule has 2 aromatic rings. The van der Waals surface area contributed by atoms with Gasteiger partial charge in [-0.05, 0) is 80.6 Å². The Morgan fingerprint density at radius 2 is 1.48 bits per heavy atom. The first-order valence-corrected chi connectivity index (χ1v) is 13.2. The summed E-state index contributed by atoms with van der Waals surface area (Å²) < 4.78 is 11.9. The summed E-state index contributed by atoms with van der Waals surface area (Å²) in [6.07, 6.45) is 4.25. The van der Waals surface area contributed by atoms with Crippen LogP contribution in [0.15, 0.2) is 36.4 Å². The molecule has 0 aliphatic heterocycles. The number of benzene rings is 2. The molecule has 2 aromatic carbocycles. The molecule has 0 heterocycles. The number of nitrogens with zero attached hydrogens (tertiary/aromatic N) is 1. The standard InChI is InChI=1S/C28H41Cl2NO2/c1-6-15-31(16-7-2)17-9-19-32-25-12-10-23(11-13-25)28(4,5)24-20-22(3)27(26(30)21-24)33-18-8-14-29/h10-13,20-21H,6-9,14-19H2,1-5H3. The molecule has 0 aromatic heterocycles. The third kappa shape index (κ3) is 8.38. The van der Waals surface area contributed by atoms with E-state index in [0.717, 1.165) is 48.6 Å². The van der Waals surface area contributed by atoms with E-state index in [-0.39, 0.29) is 5.41 Å². The van der Waals surface area contributed by atoms with Crippen LogP contribution in [0.3, 0.4) is 0 Å². The van der Waals surface area contributed by atoms with Crippen LogP contribution in [0.5, 0.6) is 11.5 Å². The molecule has 0 aliphatic carbocycles. The molecule has 184 valence electrons. The molecule has 0 spiro atoms. The minimum atomic E-state index is -0.192. The number of alkyl halides is 1. The van der Waals surface area contributed by atoms with E-state index in [0.29, 0.717) is 17.5 Å². The zero-order valence-electron chi connectivity index (χ0n) is 21.1. The fourth-order valence-corrected chi connectivity index (χ4v) is 4.51. The van der Waals surface area contributed by atoms with Gasteiger partial charge in [-0.2, -0.15) is 0 Å². The van der Waals surface area contributed by atoms with Crippen LogP contribution in [0.25, 0.3) is 0 Å². The molecule has 0 saturated carbocycles.